The Kier molecular flexibility index (Phi) is 8.97. The zero-order chi connectivity index (χ0) is 22.2. The molecule has 0 bridgehead atoms. The van der Waals surface area contributed by atoms with E-state index in [4.69, 9.17) is 10.5 Å². The number of halogens is 1. The standard InChI is InChI=1S/C20H27BrN2O6/c1-19(2,3)29-18(28)20(17(26)27,10-9-14(24)12-21)23-16(25)15(22)11-13-7-5-4-6-8-13/h4-8,15H,9-12,22H2,1-3H3,(H,23,25)(H,26,27). The summed E-state index contributed by atoms with van der Waals surface area (Å²) in [6.07, 6.45) is -0.548. The zero-order valence-corrected chi connectivity index (χ0v) is 18.3. The van der Waals surface area contributed by atoms with Crippen molar-refractivity contribution in [2.45, 2.75) is 57.2 Å². The van der Waals surface area contributed by atoms with Crippen LogP contribution in [-0.2, 0) is 30.3 Å². The van der Waals surface area contributed by atoms with Gasteiger partial charge in [-0.05, 0) is 39.2 Å². The molecule has 1 amide bonds. The van der Waals surface area contributed by atoms with Gasteiger partial charge in [0.15, 0.2) is 0 Å². The van der Waals surface area contributed by atoms with Gasteiger partial charge in [0.1, 0.15) is 11.4 Å². The normalized spacial score (nSPS) is 14.4. The first-order valence-electron chi connectivity index (χ1n) is 9.07. The van der Waals surface area contributed by atoms with E-state index in [9.17, 15) is 24.3 Å². The molecule has 2 atom stereocenters. The van der Waals surface area contributed by atoms with Gasteiger partial charge in [-0.3, -0.25) is 9.59 Å². The van der Waals surface area contributed by atoms with Crippen molar-refractivity contribution in [2.24, 2.45) is 5.73 Å². The van der Waals surface area contributed by atoms with E-state index in [1.807, 2.05) is 6.07 Å². The summed E-state index contributed by atoms with van der Waals surface area (Å²) in [6, 6.07) is 7.85. The largest absolute Gasteiger partial charge is 0.479 e. The number of ketones is 1. The number of carbonyl (C=O) groups excluding carboxylic acids is 3. The van der Waals surface area contributed by atoms with Crippen molar-refractivity contribution in [2.75, 3.05) is 5.33 Å². The highest BCUT2D eigenvalue weighted by molar-refractivity contribution is 9.09. The Labute approximate surface area is 178 Å². The first-order chi connectivity index (χ1) is 13.4. The molecular weight excluding hydrogens is 444 g/mol. The summed E-state index contributed by atoms with van der Waals surface area (Å²) < 4.78 is 5.23. The Morgan fingerprint density at radius 2 is 1.76 bits per heavy atom. The van der Waals surface area contributed by atoms with Crippen molar-refractivity contribution in [3.8, 4) is 0 Å². The molecule has 0 aliphatic heterocycles. The maximum Gasteiger partial charge on any atom is 0.344 e. The van der Waals surface area contributed by atoms with Crippen molar-refractivity contribution in [1.82, 2.24) is 5.32 Å². The maximum atomic E-state index is 12.8. The average molecular weight is 471 g/mol. The van der Waals surface area contributed by atoms with Gasteiger partial charge < -0.3 is 20.9 Å². The summed E-state index contributed by atoms with van der Waals surface area (Å²) in [7, 11) is 0. The van der Waals surface area contributed by atoms with Crippen molar-refractivity contribution in [1.29, 1.82) is 0 Å². The summed E-state index contributed by atoms with van der Waals surface area (Å²) in [6.45, 7) is 4.72. The van der Waals surface area contributed by atoms with Gasteiger partial charge in [-0.15, -0.1) is 0 Å². The molecule has 0 aromatic heterocycles. The summed E-state index contributed by atoms with van der Waals surface area (Å²) in [5, 5.41) is 12.1. The monoisotopic (exact) mass is 470 g/mol. The van der Waals surface area contributed by atoms with Gasteiger partial charge in [0.2, 0.25) is 11.4 Å². The number of esters is 1. The van der Waals surface area contributed by atoms with Crippen LogP contribution in [0.4, 0.5) is 0 Å². The lowest BCUT2D eigenvalue weighted by atomic mass is 9.91. The minimum Gasteiger partial charge on any atom is -0.479 e. The fourth-order valence-corrected chi connectivity index (χ4v) is 2.77. The maximum absolute atomic E-state index is 12.8. The van der Waals surface area contributed by atoms with Gasteiger partial charge in [0, 0.05) is 6.42 Å². The number of nitrogens with one attached hydrogen (secondary N) is 1. The fraction of sp³-hybridized carbons (Fsp3) is 0.500. The lowest BCUT2D eigenvalue weighted by molar-refractivity contribution is -0.173. The second-order valence-corrected chi connectivity index (χ2v) is 8.23. The Hall–Kier alpha value is -2.26. The van der Waals surface area contributed by atoms with E-state index in [-0.39, 0.29) is 24.0 Å². The summed E-state index contributed by atoms with van der Waals surface area (Å²) in [4.78, 5) is 49.2. The van der Waals surface area contributed by atoms with Crippen molar-refractivity contribution in [3.63, 3.8) is 0 Å². The van der Waals surface area contributed by atoms with Crippen molar-refractivity contribution in [3.05, 3.63) is 35.9 Å². The van der Waals surface area contributed by atoms with Crippen LogP contribution < -0.4 is 11.1 Å². The molecule has 0 spiro atoms. The van der Waals surface area contributed by atoms with E-state index in [1.165, 1.54) is 0 Å². The Bertz CT molecular complexity index is 747. The van der Waals surface area contributed by atoms with E-state index in [1.54, 1.807) is 45.0 Å². The number of hydrogen-bond acceptors (Lipinski definition) is 6. The third kappa shape index (κ3) is 7.58. The number of rotatable bonds is 10. The molecule has 0 fully saturated rings. The number of amides is 1. The molecule has 2 unspecified atom stereocenters. The van der Waals surface area contributed by atoms with Crippen LogP contribution in [0.2, 0.25) is 0 Å². The predicted octanol–water partition coefficient (Wildman–Crippen LogP) is 1.58. The van der Waals surface area contributed by atoms with Crippen LogP contribution in [0.3, 0.4) is 0 Å². The smallest absolute Gasteiger partial charge is 0.344 e. The number of carboxylic acids is 1. The van der Waals surface area contributed by atoms with E-state index < -0.39 is 41.4 Å². The highest BCUT2D eigenvalue weighted by Crippen LogP contribution is 2.21. The zero-order valence-electron chi connectivity index (χ0n) is 16.7. The molecule has 1 aromatic carbocycles. The third-order valence-corrected chi connectivity index (χ3v) is 4.64. The van der Waals surface area contributed by atoms with E-state index in [2.05, 4.69) is 21.2 Å². The number of ether oxygens (including phenoxy) is 1. The van der Waals surface area contributed by atoms with Crippen molar-refractivity contribution >= 4 is 39.6 Å². The first-order valence-corrected chi connectivity index (χ1v) is 10.2. The number of Topliss-reactive ketones (excluding diaryl/α,β-unsaturated/α-hetero) is 1. The lowest BCUT2D eigenvalue weighted by Crippen LogP contribution is -2.64. The molecule has 160 valence electrons. The Morgan fingerprint density at radius 1 is 1.17 bits per heavy atom. The van der Waals surface area contributed by atoms with Gasteiger partial charge in [0.25, 0.3) is 0 Å². The molecule has 0 radical (unpaired) electrons. The molecule has 9 heteroatoms. The number of nitrogens with two attached hydrogens (primary N) is 1. The second-order valence-electron chi connectivity index (χ2n) is 7.67. The number of alkyl halides is 1. The predicted molar refractivity (Wildman–Crippen MR) is 111 cm³/mol. The molecule has 1 aromatic rings. The molecule has 4 N–H and O–H groups in total. The molecule has 0 heterocycles. The average Bonchev–Trinajstić information content (AvgIpc) is 2.63. The highest BCUT2D eigenvalue weighted by Gasteiger charge is 2.50. The topological polar surface area (TPSA) is 136 Å². The molecule has 0 saturated heterocycles. The van der Waals surface area contributed by atoms with Gasteiger partial charge in [-0.25, -0.2) is 9.59 Å². The van der Waals surface area contributed by atoms with Crippen LogP contribution in [0.15, 0.2) is 30.3 Å². The van der Waals surface area contributed by atoms with Crippen LogP contribution in [0.1, 0.15) is 39.2 Å². The van der Waals surface area contributed by atoms with E-state index in [0.29, 0.717) is 0 Å². The van der Waals surface area contributed by atoms with Crippen LogP contribution in [0.5, 0.6) is 0 Å². The van der Waals surface area contributed by atoms with Crippen LogP contribution in [0, 0.1) is 0 Å². The Morgan fingerprint density at radius 3 is 2.24 bits per heavy atom. The number of carbonyl (C=O) groups is 4. The minimum absolute atomic E-state index is 0.00150. The minimum atomic E-state index is -2.42. The van der Waals surface area contributed by atoms with Gasteiger partial charge >= 0.3 is 11.9 Å². The Balaban J connectivity index is 3.12. The molecule has 0 aliphatic carbocycles. The van der Waals surface area contributed by atoms with Crippen LogP contribution >= 0.6 is 15.9 Å². The summed E-state index contributed by atoms with van der Waals surface area (Å²) >= 11 is 3.00. The summed E-state index contributed by atoms with van der Waals surface area (Å²) in [5.41, 5.74) is 3.30. The van der Waals surface area contributed by atoms with E-state index in [0.717, 1.165) is 5.56 Å². The fourth-order valence-electron chi connectivity index (χ4n) is 2.49. The molecule has 0 aliphatic rings. The van der Waals surface area contributed by atoms with Crippen LogP contribution in [-0.4, -0.2) is 51.2 Å². The highest BCUT2D eigenvalue weighted by atomic mass is 79.9. The molecule has 1 rings (SSSR count). The van der Waals surface area contributed by atoms with Gasteiger partial charge in [0.05, 0.1) is 11.4 Å². The van der Waals surface area contributed by atoms with E-state index >= 15 is 0 Å². The van der Waals surface area contributed by atoms with Gasteiger partial charge in [-0.1, -0.05) is 46.3 Å². The molecule has 0 saturated carbocycles. The first kappa shape index (κ1) is 24.8. The quantitative estimate of drug-likeness (QED) is 0.268. The number of carboxylic acid groups (broad SMARTS) is 1. The molecule has 8 nitrogen and oxygen atoms in total. The lowest BCUT2D eigenvalue weighted by Gasteiger charge is -2.32. The molecular formula is C20H27BrN2O6. The molecule has 29 heavy (non-hydrogen) atoms. The van der Waals surface area contributed by atoms with Crippen molar-refractivity contribution < 1.29 is 29.0 Å². The third-order valence-electron chi connectivity index (χ3n) is 4.01. The van der Waals surface area contributed by atoms with Crippen LogP contribution in [0.25, 0.3) is 0 Å². The number of hydrogen-bond donors (Lipinski definition) is 3. The summed E-state index contributed by atoms with van der Waals surface area (Å²) in [5.74, 6) is -3.91. The number of aliphatic carboxylic acids is 1. The second kappa shape index (κ2) is 10.5. The SMILES string of the molecule is CC(C)(C)OC(=O)C(CCC(=O)CBr)(NC(=O)C(N)Cc1ccccc1)C(=O)O. The number of benzene rings is 1. The van der Waals surface area contributed by atoms with Gasteiger partial charge in [-0.2, -0.15) is 0 Å².